The van der Waals surface area contributed by atoms with Crippen LogP contribution in [0.25, 0.3) is 21.5 Å². The second-order valence-electron chi connectivity index (χ2n) is 6.53. The van der Waals surface area contributed by atoms with Crippen LogP contribution < -0.4 is 15.4 Å². The van der Waals surface area contributed by atoms with Crippen LogP contribution >= 0.6 is 22.9 Å². The van der Waals surface area contributed by atoms with E-state index >= 15 is 0 Å². The third kappa shape index (κ3) is 3.81. The van der Waals surface area contributed by atoms with Crippen molar-refractivity contribution in [2.75, 3.05) is 12.4 Å². The minimum Gasteiger partial charge on any atom is -0.495 e. The van der Waals surface area contributed by atoms with Gasteiger partial charge in [0.1, 0.15) is 5.75 Å². The monoisotopic (exact) mass is 425 g/mol. The van der Waals surface area contributed by atoms with E-state index in [1.54, 1.807) is 36.6 Å². The molecule has 148 valence electrons. The zero-order chi connectivity index (χ0) is 20.4. The molecule has 4 rings (SSSR count). The summed E-state index contributed by atoms with van der Waals surface area (Å²) in [6, 6.07) is 17.1. The average Bonchev–Trinajstić information content (AvgIpc) is 3.33. The Morgan fingerprint density at radius 2 is 2.00 bits per heavy atom. The molecule has 2 aromatic carbocycles. The van der Waals surface area contributed by atoms with Gasteiger partial charge in [-0.1, -0.05) is 35.9 Å². The normalized spacial score (nSPS) is 10.9. The van der Waals surface area contributed by atoms with Crippen molar-refractivity contribution in [2.45, 2.75) is 6.54 Å². The van der Waals surface area contributed by atoms with Crippen molar-refractivity contribution in [3.05, 3.63) is 70.6 Å². The molecule has 2 N–H and O–H groups in total. The molecule has 7 heteroatoms. The zero-order valence-corrected chi connectivity index (χ0v) is 17.6. The topological polar surface area (TPSA) is 55.3 Å². The maximum atomic E-state index is 12.6. The number of ether oxygens (including phenoxy) is 1. The van der Waals surface area contributed by atoms with Crippen molar-refractivity contribution in [1.29, 1.82) is 0 Å². The fourth-order valence-corrected chi connectivity index (χ4v) is 4.50. The number of para-hydroxylation sites is 1. The minimum atomic E-state index is -0.323. The van der Waals surface area contributed by atoms with Crippen LogP contribution in [0.4, 0.5) is 10.5 Å². The maximum absolute atomic E-state index is 12.6. The van der Waals surface area contributed by atoms with Gasteiger partial charge in [-0.3, -0.25) is 0 Å². The lowest BCUT2D eigenvalue weighted by Crippen LogP contribution is -2.28. The number of nitrogens with zero attached hydrogens (tertiary/aromatic N) is 1. The smallest absolute Gasteiger partial charge is 0.319 e. The molecule has 0 atom stereocenters. The number of anilines is 1. The average molecular weight is 426 g/mol. The van der Waals surface area contributed by atoms with Crippen LogP contribution in [0.2, 0.25) is 5.02 Å². The highest BCUT2D eigenvalue weighted by atomic mass is 35.5. The number of amides is 2. The Morgan fingerprint density at radius 1 is 1.17 bits per heavy atom. The fraction of sp³-hybridized carbons (Fsp3) is 0.136. The van der Waals surface area contributed by atoms with Crippen LogP contribution in [-0.2, 0) is 13.6 Å². The van der Waals surface area contributed by atoms with E-state index in [1.807, 2.05) is 18.2 Å². The Balaban J connectivity index is 1.61. The van der Waals surface area contributed by atoms with Crippen LogP contribution in [0.15, 0.2) is 60.0 Å². The van der Waals surface area contributed by atoms with Crippen molar-refractivity contribution < 1.29 is 9.53 Å². The van der Waals surface area contributed by atoms with Crippen LogP contribution in [0.3, 0.4) is 0 Å². The van der Waals surface area contributed by atoms with Gasteiger partial charge in [-0.25, -0.2) is 4.79 Å². The number of aromatic nitrogens is 1. The molecule has 5 nitrogen and oxygen atoms in total. The van der Waals surface area contributed by atoms with Gasteiger partial charge < -0.3 is 19.9 Å². The second-order valence-corrected chi connectivity index (χ2v) is 7.92. The maximum Gasteiger partial charge on any atom is 0.319 e. The van der Waals surface area contributed by atoms with Gasteiger partial charge in [-0.15, -0.1) is 11.3 Å². The summed E-state index contributed by atoms with van der Waals surface area (Å²) < 4.78 is 7.47. The van der Waals surface area contributed by atoms with Gasteiger partial charge in [-0.2, -0.15) is 0 Å². The third-order valence-electron chi connectivity index (χ3n) is 4.80. The number of hydrogen-bond acceptors (Lipinski definition) is 3. The quantitative estimate of drug-likeness (QED) is 0.418. The van der Waals surface area contributed by atoms with E-state index < -0.39 is 0 Å². The standard InChI is InChI=1S/C22H20ClN3O2S/c1-26-18-7-4-3-6-15(18)16(21(26)20-8-5-11-29-20)13-24-22(27)25-17-12-14(23)9-10-19(17)28-2/h3-12H,13H2,1-2H3,(H2,24,25,27). The first-order valence-electron chi connectivity index (χ1n) is 9.07. The molecule has 0 aliphatic heterocycles. The predicted octanol–water partition coefficient (Wildman–Crippen LogP) is 5.89. The lowest BCUT2D eigenvalue weighted by molar-refractivity contribution is 0.251. The zero-order valence-electron chi connectivity index (χ0n) is 16.0. The van der Waals surface area contributed by atoms with Gasteiger partial charge in [-0.05, 0) is 35.7 Å². The summed E-state index contributed by atoms with van der Waals surface area (Å²) in [4.78, 5) is 13.7. The summed E-state index contributed by atoms with van der Waals surface area (Å²) in [5.74, 6) is 0.550. The molecule has 0 aliphatic carbocycles. The van der Waals surface area contributed by atoms with Gasteiger partial charge >= 0.3 is 6.03 Å². The molecule has 2 aromatic heterocycles. The summed E-state index contributed by atoms with van der Waals surface area (Å²) in [6.07, 6.45) is 0. The van der Waals surface area contributed by atoms with E-state index in [0.29, 0.717) is 23.0 Å². The number of aryl methyl sites for hydroxylation is 1. The van der Waals surface area contributed by atoms with Gasteiger partial charge in [0.05, 0.1) is 23.4 Å². The summed E-state index contributed by atoms with van der Waals surface area (Å²) in [5, 5.41) is 9.49. The van der Waals surface area contributed by atoms with Crippen molar-refractivity contribution in [1.82, 2.24) is 9.88 Å². The lowest BCUT2D eigenvalue weighted by atomic mass is 10.1. The molecule has 0 bridgehead atoms. The predicted molar refractivity (Wildman–Crippen MR) is 120 cm³/mol. The van der Waals surface area contributed by atoms with Gasteiger partial charge in [0.15, 0.2) is 0 Å². The Hall–Kier alpha value is -2.96. The molecule has 0 spiro atoms. The van der Waals surface area contributed by atoms with E-state index in [4.69, 9.17) is 16.3 Å². The molecule has 29 heavy (non-hydrogen) atoms. The van der Waals surface area contributed by atoms with Gasteiger partial charge in [0.25, 0.3) is 0 Å². The first-order valence-corrected chi connectivity index (χ1v) is 10.3. The molecule has 0 fully saturated rings. The van der Waals surface area contributed by atoms with E-state index in [9.17, 15) is 4.79 Å². The van der Waals surface area contributed by atoms with Crippen LogP contribution in [0, 0.1) is 0 Å². The molecule has 2 amide bonds. The molecule has 0 aliphatic rings. The molecule has 0 saturated carbocycles. The summed E-state index contributed by atoms with van der Waals surface area (Å²) in [5.41, 5.74) is 3.85. The number of benzene rings is 2. The van der Waals surface area contributed by atoms with Gasteiger partial charge in [0, 0.05) is 35.1 Å². The van der Waals surface area contributed by atoms with E-state index in [2.05, 4.69) is 45.8 Å². The number of nitrogens with one attached hydrogen (secondary N) is 2. The number of hydrogen-bond donors (Lipinski definition) is 2. The molecule has 0 saturated heterocycles. The fourth-order valence-electron chi connectivity index (χ4n) is 3.49. The first kappa shape index (κ1) is 19.4. The van der Waals surface area contributed by atoms with Crippen LogP contribution in [0.1, 0.15) is 5.56 Å². The number of carbonyl (C=O) groups is 1. The van der Waals surface area contributed by atoms with E-state index in [0.717, 1.165) is 27.0 Å². The molecule has 2 heterocycles. The molecule has 0 unspecified atom stereocenters. The Kier molecular flexibility index (Phi) is 5.47. The van der Waals surface area contributed by atoms with Gasteiger partial charge in [0.2, 0.25) is 0 Å². The first-order chi connectivity index (χ1) is 14.1. The highest BCUT2D eigenvalue weighted by Gasteiger charge is 2.18. The summed E-state index contributed by atoms with van der Waals surface area (Å²) >= 11 is 7.73. The number of rotatable bonds is 5. The minimum absolute atomic E-state index is 0.323. The molecular weight excluding hydrogens is 406 g/mol. The van der Waals surface area contributed by atoms with Crippen LogP contribution in [0.5, 0.6) is 5.75 Å². The number of carbonyl (C=O) groups excluding carboxylic acids is 1. The molecule has 4 aromatic rings. The lowest BCUT2D eigenvalue weighted by Gasteiger charge is -2.12. The highest BCUT2D eigenvalue weighted by Crippen LogP contribution is 2.35. The SMILES string of the molecule is COc1ccc(Cl)cc1NC(=O)NCc1c(-c2cccs2)n(C)c2ccccc12. The number of halogens is 1. The largest absolute Gasteiger partial charge is 0.495 e. The third-order valence-corrected chi connectivity index (χ3v) is 5.91. The van der Waals surface area contributed by atoms with E-state index in [-0.39, 0.29) is 6.03 Å². The summed E-state index contributed by atoms with van der Waals surface area (Å²) in [7, 11) is 3.60. The van der Waals surface area contributed by atoms with Crippen molar-refractivity contribution in [3.8, 4) is 16.3 Å². The highest BCUT2D eigenvalue weighted by molar-refractivity contribution is 7.13. The molecular formula is C22H20ClN3O2S. The molecule has 0 radical (unpaired) electrons. The number of thiophene rings is 1. The number of methoxy groups -OCH3 is 1. The number of urea groups is 1. The number of fused-ring (bicyclic) bond motifs is 1. The van der Waals surface area contributed by atoms with Crippen molar-refractivity contribution in [3.63, 3.8) is 0 Å². The second kappa shape index (κ2) is 8.19. The Bertz CT molecular complexity index is 1170. The van der Waals surface area contributed by atoms with Crippen molar-refractivity contribution in [2.24, 2.45) is 7.05 Å². The van der Waals surface area contributed by atoms with E-state index in [1.165, 1.54) is 0 Å². The summed E-state index contributed by atoms with van der Waals surface area (Å²) in [6.45, 7) is 0.392. The van der Waals surface area contributed by atoms with Crippen LogP contribution in [-0.4, -0.2) is 17.7 Å². The van der Waals surface area contributed by atoms with Crippen molar-refractivity contribution >= 4 is 45.6 Å². The Morgan fingerprint density at radius 3 is 2.76 bits per heavy atom. The Labute approximate surface area is 177 Å².